The van der Waals surface area contributed by atoms with E-state index in [4.69, 9.17) is 4.74 Å². The smallest absolute Gasteiger partial charge is 0.341 e. The van der Waals surface area contributed by atoms with Gasteiger partial charge in [-0.05, 0) is 55.5 Å². The van der Waals surface area contributed by atoms with E-state index in [0.29, 0.717) is 22.5 Å². The van der Waals surface area contributed by atoms with Crippen molar-refractivity contribution in [1.82, 2.24) is 14.5 Å². The standard InChI is InChI=1S/C24H20F2N4O3S/c25-24(26)30-17-9-3-2-8-16(17)28-19(30)13-33-23(32)20-15-7-1-4-10-18(15)34-22(20)29-21(31)14-6-5-11-27-12-14/h2-3,5-6,8-9,11-12,24H,1,4,7,10,13H2,(H,29,31). The average molecular weight is 483 g/mol. The molecule has 0 saturated carbocycles. The molecule has 3 aromatic heterocycles. The van der Waals surface area contributed by atoms with Crippen LogP contribution in [-0.4, -0.2) is 26.4 Å². The summed E-state index contributed by atoms with van der Waals surface area (Å²) in [5.74, 6) is -1.11. The fourth-order valence-electron chi connectivity index (χ4n) is 4.16. The lowest BCUT2D eigenvalue weighted by molar-refractivity contribution is 0.0387. The quantitative estimate of drug-likeness (QED) is 0.373. The zero-order chi connectivity index (χ0) is 23.7. The normalized spacial score (nSPS) is 13.1. The largest absolute Gasteiger partial charge is 0.454 e. The van der Waals surface area contributed by atoms with Gasteiger partial charge in [-0.1, -0.05) is 12.1 Å². The Balaban J connectivity index is 1.43. The summed E-state index contributed by atoms with van der Waals surface area (Å²) in [6, 6.07) is 9.80. The van der Waals surface area contributed by atoms with Gasteiger partial charge in [0.1, 0.15) is 11.6 Å². The fourth-order valence-corrected chi connectivity index (χ4v) is 5.43. The molecule has 1 aromatic carbocycles. The maximum absolute atomic E-state index is 13.7. The van der Waals surface area contributed by atoms with Crippen LogP contribution >= 0.6 is 11.3 Å². The Hall–Kier alpha value is -3.66. The number of esters is 1. The third-order valence-electron chi connectivity index (χ3n) is 5.72. The molecule has 1 aliphatic rings. The number of ether oxygens (including phenoxy) is 1. The van der Waals surface area contributed by atoms with Crippen LogP contribution in [0.15, 0.2) is 48.8 Å². The molecule has 1 N–H and O–H groups in total. The summed E-state index contributed by atoms with van der Waals surface area (Å²) >= 11 is 1.35. The Bertz CT molecular complexity index is 1370. The molecule has 0 atom stereocenters. The topological polar surface area (TPSA) is 86.1 Å². The van der Waals surface area contributed by atoms with Crippen LogP contribution in [0, 0.1) is 0 Å². The molecule has 0 fully saturated rings. The van der Waals surface area contributed by atoms with Crippen molar-refractivity contribution in [1.29, 1.82) is 0 Å². The number of aryl methyl sites for hydroxylation is 1. The second-order valence-corrected chi connectivity index (χ2v) is 8.96. The second kappa shape index (κ2) is 9.30. The van der Waals surface area contributed by atoms with Crippen molar-refractivity contribution in [3.8, 4) is 0 Å². The fraction of sp³-hybridized carbons (Fsp3) is 0.250. The van der Waals surface area contributed by atoms with Gasteiger partial charge >= 0.3 is 12.5 Å². The summed E-state index contributed by atoms with van der Waals surface area (Å²) in [4.78, 5) is 35.1. The van der Waals surface area contributed by atoms with Crippen molar-refractivity contribution in [3.63, 3.8) is 0 Å². The zero-order valence-corrected chi connectivity index (χ0v) is 18.8. The molecule has 0 saturated heterocycles. The molecule has 10 heteroatoms. The Morgan fingerprint density at radius 2 is 1.97 bits per heavy atom. The van der Waals surface area contributed by atoms with Crippen molar-refractivity contribution >= 4 is 39.2 Å². The predicted octanol–water partition coefficient (Wildman–Crippen LogP) is 5.38. The van der Waals surface area contributed by atoms with Gasteiger partial charge in [0.05, 0.1) is 22.2 Å². The van der Waals surface area contributed by atoms with Gasteiger partial charge in [-0.15, -0.1) is 11.3 Å². The number of alkyl halides is 2. The van der Waals surface area contributed by atoms with Crippen LogP contribution in [0.2, 0.25) is 0 Å². The Morgan fingerprint density at radius 3 is 2.76 bits per heavy atom. The van der Waals surface area contributed by atoms with E-state index in [9.17, 15) is 18.4 Å². The summed E-state index contributed by atoms with van der Waals surface area (Å²) in [7, 11) is 0. The maximum Gasteiger partial charge on any atom is 0.341 e. The van der Waals surface area contributed by atoms with Crippen LogP contribution in [0.1, 0.15) is 56.4 Å². The number of thiophene rings is 1. The number of halogens is 2. The molecule has 34 heavy (non-hydrogen) atoms. The summed E-state index contributed by atoms with van der Waals surface area (Å²) in [6.07, 6.45) is 6.42. The predicted molar refractivity (Wildman–Crippen MR) is 123 cm³/mol. The molecule has 174 valence electrons. The number of benzene rings is 1. The first-order valence-corrected chi connectivity index (χ1v) is 11.6. The van der Waals surface area contributed by atoms with E-state index in [1.165, 1.54) is 17.5 Å². The molecule has 0 bridgehead atoms. The molecule has 5 rings (SSSR count). The van der Waals surface area contributed by atoms with Gasteiger partial charge in [0.15, 0.2) is 5.82 Å². The molecule has 1 amide bonds. The van der Waals surface area contributed by atoms with Crippen molar-refractivity contribution in [2.24, 2.45) is 0 Å². The highest BCUT2D eigenvalue weighted by Gasteiger charge is 2.28. The number of fused-ring (bicyclic) bond motifs is 2. The Morgan fingerprint density at radius 1 is 1.15 bits per heavy atom. The molecule has 0 aliphatic heterocycles. The molecular weight excluding hydrogens is 462 g/mol. The highest BCUT2D eigenvalue weighted by Crippen LogP contribution is 2.39. The SMILES string of the molecule is O=C(Nc1sc2c(c1C(=O)OCc1nc3ccccc3n1C(F)F)CCCC2)c1cccnc1. The lowest BCUT2D eigenvalue weighted by Crippen LogP contribution is -2.16. The number of hydrogen-bond donors (Lipinski definition) is 1. The molecule has 0 radical (unpaired) electrons. The third kappa shape index (κ3) is 4.16. The van der Waals surface area contributed by atoms with E-state index in [1.807, 2.05) is 0 Å². The van der Waals surface area contributed by atoms with E-state index >= 15 is 0 Å². The van der Waals surface area contributed by atoms with Gasteiger partial charge in [-0.25, -0.2) is 9.78 Å². The third-order valence-corrected chi connectivity index (χ3v) is 6.93. The number of para-hydroxylation sites is 2. The van der Waals surface area contributed by atoms with Gasteiger partial charge in [-0.2, -0.15) is 8.78 Å². The number of carbonyl (C=O) groups excluding carboxylic acids is 2. The number of nitrogens with zero attached hydrogens (tertiary/aromatic N) is 3. The number of anilines is 1. The van der Waals surface area contributed by atoms with Crippen molar-refractivity contribution < 1.29 is 23.1 Å². The van der Waals surface area contributed by atoms with Gasteiger partial charge in [0, 0.05) is 17.3 Å². The van der Waals surface area contributed by atoms with Gasteiger partial charge < -0.3 is 10.1 Å². The van der Waals surface area contributed by atoms with E-state index in [-0.39, 0.29) is 22.8 Å². The van der Waals surface area contributed by atoms with Gasteiger partial charge in [0.2, 0.25) is 0 Å². The van der Waals surface area contributed by atoms with E-state index in [1.54, 1.807) is 42.6 Å². The lowest BCUT2D eigenvalue weighted by atomic mass is 9.95. The van der Waals surface area contributed by atoms with Crippen molar-refractivity contribution in [2.45, 2.75) is 38.8 Å². The minimum absolute atomic E-state index is 0.0467. The second-order valence-electron chi connectivity index (χ2n) is 7.85. The monoisotopic (exact) mass is 482 g/mol. The first-order chi connectivity index (χ1) is 16.5. The van der Waals surface area contributed by atoms with Crippen LogP contribution in [0.5, 0.6) is 0 Å². The highest BCUT2D eigenvalue weighted by atomic mass is 32.1. The number of amides is 1. The Kier molecular flexibility index (Phi) is 6.06. The lowest BCUT2D eigenvalue weighted by Gasteiger charge is -2.13. The Labute approximate surface area is 197 Å². The first-order valence-electron chi connectivity index (χ1n) is 10.8. The van der Waals surface area contributed by atoms with E-state index < -0.39 is 19.1 Å². The molecular formula is C24H20F2N4O3S. The number of hydrogen-bond acceptors (Lipinski definition) is 6. The number of pyridine rings is 1. The highest BCUT2D eigenvalue weighted by molar-refractivity contribution is 7.17. The van der Waals surface area contributed by atoms with Crippen LogP contribution in [0.4, 0.5) is 13.8 Å². The minimum atomic E-state index is -2.83. The first kappa shape index (κ1) is 22.1. The summed E-state index contributed by atoms with van der Waals surface area (Å²) in [6.45, 7) is -3.25. The number of aromatic nitrogens is 3. The van der Waals surface area contributed by atoms with Crippen LogP contribution < -0.4 is 5.32 Å². The zero-order valence-electron chi connectivity index (χ0n) is 18.0. The summed E-state index contributed by atoms with van der Waals surface area (Å²) < 4.78 is 33.7. The van der Waals surface area contributed by atoms with Crippen LogP contribution in [0.25, 0.3) is 11.0 Å². The maximum atomic E-state index is 13.7. The summed E-state index contributed by atoms with van der Waals surface area (Å²) in [5, 5.41) is 3.21. The van der Waals surface area contributed by atoms with Gasteiger partial charge in [-0.3, -0.25) is 14.3 Å². The number of rotatable bonds is 6. The molecule has 1 aliphatic carbocycles. The number of nitrogens with one attached hydrogen (secondary N) is 1. The van der Waals surface area contributed by atoms with Gasteiger partial charge in [0.25, 0.3) is 5.91 Å². The molecule has 0 spiro atoms. The minimum Gasteiger partial charge on any atom is -0.454 e. The number of imidazole rings is 1. The van der Waals surface area contributed by atoms with E-state index in [2.05, 4.69) is 15.3 Å². The van der Waals surface area contributed by atoms with E-state index in [0.717, 1.165) is 34.3 Å². The summed E-state index contributed by atoms with van der Waals surface area (Å²) in [5.41, 5.74) is 2.16. The number of carbonyl (C=O) groups is 2. The molecule has 7 nitrogen and oxygen atoms in total. The van der Waals surface area contributed by atoms with Crippen LogP contribution in [0.3, 0.4) is 0 Å². The molecule has 3 heterocycles. The molecule has 0 unspecified atom stereocenters. The average Bonchev–Trinajstić information content (AvgIpc) is 3.41. The van der Waals surface area contributed by atoms with Crippen molar-refractivity contribution in [3.05, 3.63) is 76.2 Å². The van der Waals surface area contributed by atoms with Crippen LogP contribution in [-0.2, 0) is 24.2 Å². The molecule has 4 aromatic rings. The van der Waals surface area contributed by atoms with Crippen molar-refractivity contribution in [2.75, 3.05) is 5.32 Å².